The number of nitrogens with zero attached hydrogens (tertiary/aromatic N) is 1. The van der Waals surface area contributed by atoms with E-state index in [0.29, 0.717) is 10.7 Å². The van der Waals surface area contributed by atoms with Crippen LogP contribution in [0.15, 0.2) is 12.1 Å². The molecule has 0 saturated carbocycles. The van der Waals surface area contributed by atoms with E-state index >= 15 is 0 Å². The van der Waals surface area contributed by atoms with Crippen LogP contribution in [-0.2, 0) is 6.54 Å². The monoisotopic (exact) mass is 382 g/mol. The van der Waals surface area contributed by atoms with Crippen LogP contribution in [0.4, 0.5) is 10.5 Å². The van der Waals surface area contributed by atoms with Gasteiger partial charge in [0.25, 0.3) is 0 Å². The molecule has 0 fully saturated rings. The Hall–Kier alpha value is -0.690. The number of benzene rings is 1. The molecule has 18 heavy (non-hydrogen) atoms. The molecule has 0 spiro atoms. The third-order valence-corrected chi connectivity index (χ3v) is 3.82. The minimum atomic E-state index is -0.967. The number of amides is 1. The second-order valence-corrected chi connectivity index (χ2v) is 6.57. The average molecular weight is 383 g/mol. The number of nitrogens with two attached hydrogens (primary N) is 1. The Morgan fingerprint density at radius 1 is 1.50 bits per heavy atom. The largest absolute Gasteiger partial charge is 0.465 e. The molecule has 4 nitrogen and oxygen atoms in total. The predicted molar refractivity (Wildman–Crippen MR) is 81.9 cm³/mol. The van der Waals surface area contributed by atoms with Gasteiger partial charge >= 0.3 is 6.09 Å². The third-order valence-electron chi connectivity index (χ3n) is 2.53. The summed E-state index contributed by atoms with van der Waals surface area (Å²) in [5.74, 6) is 0. The molecule has 0 saturated heterocycles. The summed E-state index contributed by atoms with van der Waals surface area (Å²) in [7, 11) is 0. The van der Waals surface area contributed by atoms with Crippen molar-refractivity contribution in [1.82, 2.24) is 4.90 Å². The van der Waals surface area contributed by atoms with E-state index in [0.717, 1.165) is 9.13 Å². The Kier molecular flexibility index (Phi) is 4.72. The lowest BCUT2D eigenvalue weighted by Gasteiger charge is -2.33. The van der Waals surface area contributed by atoms with Gasteiger partial charge in [0.1, 0.15) is 0 Å². The van der Waals surface area contributed by atoms with Gasteiger partial charge in [-0.05, 0) is 61.1 Å². The highest BCUT2D eigenvalue weighted by Gasteiger charge is 2.26. The molecule has 0 aliphatic rings. The van der Waals surface area contributed by atoms with Crippen molar-refractivity contribution in [2.75, 3.05) is 5.73 Å². The van der Waals surface area contributed by atoms with Crippen LogP contribution in [0, 0.1) is 3.57 Å². The van der Waals surface area contributed by atoms with Crippen molar-refractivity contribution in [3.8, 4) is 0 Å². The molecule has 0 radical (unpaired) electrons. The maximum Gasteiger partial charge on any atom is 0.408 e. The van der Waals surface area contributed by atoms with Crippen molar-refractivity contribution in [1.29, 1.82) is 0 Å². The quantitative estimate of drug-likeness (QED) is 0.604. The van der Waals surface area contributed by atoms with Crippen LogP contribution in [0.2, 0.25) is 5.02 Å². The number of hydrogen-bond acceptors (Lipinski definition) is 2. The van der Waals surface area contributed by atoms with E-state index in [1.165, 1.54) is 4.90 Å². The number of halogens is 2. The van der Waals surface area contributed by atoms with E-state index in [1.54, 1.807) is 6.07 Å². The van der Waals surface area contributed by atoms with E-state index in [2.05, 4.69) is 22.6 Å². The summed E-state index contributed by atoms with van der Waals surface area (Å²) in [6.45, 7) is 5.78. The number of carbonyl (C=O) groups is 1. The highest BCUT2D eigenvalue weighted by Crippen LogP contribution is 2.27. The fourth-order valence-corrected chi connectivity index (χ4v) is 2.25. The summed E-state index contributed by atoms with van der Waals surface area (Å²) in [6, 6.07) is 3.47. The molecule has 100 valence electrons. The van der Waals surface area contributed by atoms with E-state index < -0.39 is 11.6 Å². The van der Waals surface area contributed by atoms with Crippen LogP contribution in [0.5, 0.6) is 0 Å². The molecule has 0 aliphatic heterocycles. The zero-order valence-electron chi connectivity index (χ0n) is 10.5. The number of rotatable bonds is 2. The molecule has 0 heterocycles. The van der Waals surface area contributed by atoms with Gasteiger partial charge in [0.15, 0.2) is 0 Å². The van der Waals surface area contributed by atoms with E-state index in [1.807, 2.05) is 26.8 Å². The van der Waals surface area contributed by atoms with Gasteiger partial charge in [0, 0.05) is 19.8 Å². The van der Waals surface area contributed by atoms with Crippen LogP contribution in [0.25, 0.3) is 0 Å². The van der Waals surface area contributed by atoms with E-state index in [-0.39, 0.29) is 6.54 Å². The Morgan fingerprint density at radius 2 is 2.06 bits per heavy atom. The first-order valence-electron chi connectivity index (χ1n) is 5.37. The number of hydrogen-bond donors (Lipinski definition) is 2. The molecular weight excluding hydrogens is 367 g/mol. The molecule has 1 aromatic rings. The minimum absolute atomic E-state index is 0.244. The zero-order valence-corrected chi connectivity index (χ0v) is 13.4. The van der Waals surface area contributed by atoms with Crippen molar-refractivity contribution in [2.45, 2.75) is 32.9 Å². The lowest BCUT2D eigenvalue weighted by molar-refractivity contribution is 0.0956. The molecule has 1 amide bonds. The molecule has 0 aromatic heterocycles. The standard InChI is InChI=1S/C12H16ClIN2O2/c1-12(2,3)16(11(17)18)6-7-4-9(14)10(15)5-8(7)13/h4-5H,6,15H2,1-3H3,(H,17,18). The van der Waals surface area contributed by atoms with Gasteiger partial charge in [-0.3, -0.25) is 4.90 Å². The summed E-state index contributed by atoms with van der Waals surface area (Å²) in [6.07, 6.45) is -0.967. The van der Waals surface area contributed by atoms with Gasteiger partial charge in [-0.15, -0.1) is 0 Å². The van der Waals surface area contributed by atoms with Crippen LogP contribution in [0.1, 0.15) is 26.3 Å². The summed E-state index contributed by atoms with van der Waals surface area (Å²) in [4.78, 5) is 12.6. The highest BCUT2D eigenvalue weighted by molar-refractivity contribution is 14.1. The first kappa shape index (κ1) is 15.4. The lowest BCUT2D eigenvalue weighted by atomic mass is 10.1. The molecule has 3 N–H and O–H groups in total. The Morgan fingerprint density at radius 3 is 2.50 bits per heavy atom. The van der Waals surface area contributed by atoms with Crippen molar-refractivity contribution >= 4 is 46.0 Å². The molecule has 1 aromatic carbocycles. The van der Waals surface area contributed by atoms with Crippen LogP contribution in [0.3, 0.4) is 0 Å². The average Bonchev–Trinajstić information content (AvgIpc) is 2.19. The smallest absolute Gasteiger partial charge is 0.408 e. The number of nitrogen functional groups attached to an aromatic ring is 1. The summed E-state index contributed by atoms with van der Waals surface area (Å²) in [5, 5.41) is 9.73. The Balaban J connectivity index is 3.09. The highest BCUT2D eigenvalue weighted by atomic mass is 127. The summed E-state index contributed by atoms with van der Waals surface area (Å²) in [5.41, 5.74) is 6.62. The fourth-order valence-electron chi connectivity index (χ4n) is 1.49. The van der Waals surface area contributed by atoms with Crippen molar-refractivity contribution in [2.24, 2.45) is 0 Å². The van der Waals surface area contributed by atoms with Gasteiger partial charge in [-0.25, -0.2) is 4.79 Å². The topological polar surface area (TPSA) is 66.6 Å². The first-order valence-corrected chi connectivity index (χ1v) is 6.82. The predicted octanol–water partition coefficient (Wildman–Crippen LogP) is 3.81. The van der Waals surface area contributed by atoms with E-state index in [9.17, 15) is 9.90 Å². The second kappa shape index (κ2) is 5.52. The number of anilines is 1. The van der Waals surface area contributed by atoms with Gasteiger partial charge < -0.3 is 10.8 Å². The second-order valence-electron chi connectivity index (χ2n) is 5.00. The molecule has 1 rings (SSSR count). The molecule has 0 bridgehead atoms. The van der Waals surface area contributed by atoms with Crippen molar-refractivity contribution < 1.29 is 9.90 Å². The maximum absolute atomic E-state index is 11.3. The van der Waals surface area contributed by atoms with Crippen molar-refractivity contribution in [3.63, 3.8) is 0 Å². The van der Waals surface area contributed by atoms with Gasteiger partial charge in [-0.1, -0.05) is 11.6 Å². The SMILES string of the molecule is CC(C)(C)N(Cc1cc(I)c(N)cc1Cl)C(=O)O. The first-order chi connectivity index (χ1) is 8.12. The van der Waals surface area contributed by atoms with Crippen LogP contribution in [-0.4, -0.2) is 21.6 Å². The van der Waals surface area contributed by atoms with Crippen LogP contribution >= 0.6 is 34.2 Å². The number of carboxylic acid groups (broad SMARTS) is 1. The summed E-state index contributed by atoms with van der Waals surface area (Å²) < 4.78 is 0.867. The fraction of sp³-hybridized carbons (Fsp3) is 0.417. The third kappa shape index (κ3) is 3.65. The van der Waals surface area contributed by atoms with Gasteiger partial charge in [0.2, 0.25) is 0 Å². The zero-order chi connectivity index (χ0) is 14.1. The normalized spacial score (nSPS) is 11.4. The van der Waals surface area contributed by atoms with E-state index in [4.69, 9.17) is 17.3 Å². The summed E-state index contributed by atoms with van der Waals surface area (Å²) >= 11 is 8.20. The minimum Gasteiger partial charge on any atom is -0.465 e. The van der Waals surface area contributed by atoms with Gasteiger partial charge in [0.05, 0.1) is 6.54 Å². The van der Waals surface area contributed by atoms with Crippen molar-refractivity contribution in [3.05, 3.63) is 26.3 Å². The molecule has 0 atom stereocenters. The van der Waals surface area contributed by atoms with Crippen LogP contribution < -0.4 is 5.73 Å². The maximum atomic E-state index is 11.3. The molecule has 0 unspecified atom stereocenters. The molecule has 0 aliphatic carbocycles. The Labute approximate surface area is 125 Å². The molecule has 6 heteroatoms. The molecular formula is C12H16ClIN2O2. The Bertz CT molecular complexity index is 472. The van der Waals surface area contributed by atoms with Gasteiger partial charge in [-0.2, -0.15) is 0 Å². The lowest BCUT2D eigenvalue weighted by Crippen LogP contribution is -2.44.